The molecule has 0 bridgehead atoms. The first-order valence-corrected chi connectivity index (χ1v) is 17.0. The van der Waals surface area contributed by atoms with Crippen LogP contribution < -0.4 is 15.4 Å². The highest BCUT2D eigenvalue weighted by Gasteiger charge is 2.31. The zero-order valence-electron chi connectivity index (χ0n) is 29.9. The normalized spacial score (nSPS) is 14.9. The minimum Gasteiger partial charge on any atom is -0.497 e. The zero-order valence-corrected chi connectivity index (χ0v) is 29.9. The predicted molar refractivity (Wildman–Crippen MR) is 198 cm³/mol. The molecule has 0 spiro atoms. The number of hydrogen-bond acceptors (Lipinski definition) is 7. The van der Waals surface area contributed by atoms with Crippen molar-refractivity contribution < 1.29 is 19.1 Å². The number of nitrogens with zero attached hydrogens (tertiary/aromatic N) is 4. The van der Waals surface area contributed by atoms with E-state index < -0.39 is 5.60 Å². The minimum absolute atomic E-state index is 0.00458. The van der Waals surface area contributed by atoms with E-state index in [4.69, 9.17) is 19.6 Å². The number of rotatable bonds is 8. The number of fused-ring (bicyclic) bond motifs is 1. The van der Waals surface area contributed by atoms with Crippen LogP contribution in [0.3, 0.4) is 0 Å². The molecule has 0 saturated carbocycles. The van der Waals surface area contributed by atoms with Crippen LogP contribution in [-0.2, 0) is 16.7 Å². The number of nitrogens with one attached hydrogen (secondary N) is 2. The van der Waals surface area contributed by atoms with Crippen molar-refractivity contribution in [1.29, 1.82) is 0 Å². The maximum absolute atomic E-state index is 13.3. The van der Waals surface area contributed by atoms with Crippen LogP contribution in [-0.4, -0.2) is 63.5 Å². The van der Waals surface area contributed by atoms with Gasteiger partial charge in [-0.2, -0.15) is 5.10 Å². The molecule has 1 aliphatic heterocycles. The van der Waals surface area contributed by atoms with Crippen molar-refractivity contribution >= 4 is 34.5 Å². The van der Waals surface area contributed by atoms with Crippen LogP contribution in [0.2, 0.25) is 0 Å². The fourth-order valence-corrected chi connectivity index (χ4v) is 6.11. The summed E-state index contributed by atoms with van der Waals surface area (Å²) in [6.45, 7) is 13.7. The topological polar surface area (TPSA) is 111 Å². The second kappa shape index (κ2) is 13.9. The second-order valence-corrected chi connectivity index (χ2v) is 14.8. The first-order chi connectivity index (χ1) is 23.8. The Morgan fingerprint density at radius 1 is 0.940 bits per heavy atom. The number of anilines is 2. The van der Waals surface area contributed by atoms with Gasteiger partial charge >= 0.3 is 6.09 Å². The van der Waals surface area contributed by atoms with Gasteiger partial charge < -0.3 is 25.0 Å². The Balaban J connectivity index is 1.31. The molecule has 5 aromatic rings. The molecule has 6 rings (SSSR count). The van der Waals surface area contributed by atoms with Crippen LogP contribution in [0.25, 0.3) is 22.2 Å². The molecule has 2 N–H and O–H groups in total. The van der Waals surface area contributed by atoms with Crippen LogP contribution in [0.1, 0.15) is 69.4 Å². The van der Waals surface area contributed by atoms with Crippen LogP contribution in [0, 0.1) is 0 Å². The molecule has 1 atom stereocenters. The van der Waals surface area contributed by atoms with Gasteiger partial charge in [-0.05, 0) is 97.3 Å². The van der Waals surface area contributed by atoms with Crippen LogP contribution >= 0.6 is 0 Å². The number of hydrogen-bond donors (Lipinski definition) is 2. The van der Waals surface area contributed by atoms with Gasteiger partial charge in [-0.1, -0.05) is 57.2 Å². The van der Waals surface area contributed by atoms with E-state index in [1.54, 1.807) is 18.2 Å². The molecule has 260 valence electrons. The molecule has 2 aromatic heterocycles. The Labute approximate surface area is 293 Å². The molecule has 0 radical (unpaired) electrons. The maximum atomic E-state index is 13.3. The lowest BCUT2D eigenvalue weighted by atomic mass is 9.87. The molecule has 0 unspecified atom stereocenters. The Morgan fingerprint density at radius 2 is 1.68 bits per heavy atom. The lowest BCUT2D eigenvalue weighted by Crippen LogP contribution is -2.36. The average Bonchev–Trinajstić information content (AvgIpc) is 3.69. The summed E-state index contributed by atoms with van der Waals surface area (Å²) < 4.78 is 12.9. The smallest absolute Gasteiger partial charge is 0.410 e. The largest absolute Gasteiger partial charge is 0.497 e. The number of likely N-dealkylation sites (tertiary alicyclic amines) is 1. The summed E-state index contributed by atoms with van der Waals surface area (Å²) in [4.78, 5) is 32.6. The number of methoxy groups -OCH3 is 1. The predicted octanol–water partition coefficient (Wildman–Crippen LogP) is 8.13. The molecule has 1 saturated heterocycles. The van der Waals surface area contributed by atoms with Gasteiger partial charge in [0.15, 0.2) is 11.5 Å². The number of carbonyl (C=O) groups is 2. The van der Waals surface area contributed by atoms with E-state index in [1.165, 1.54) is 5.56 Å². The lowest BCUT2D eigenvalue weighted by molar-refractivity contribution is 0.0293. The summed E-state index contributed by atoms with van der Waals surface area (Å²) in [6, 6.07) is 25.4. The SMILES string of the molecule is COc1ccc(Cn2nc(N[C@@H]3CCN(C(=O)OC(C)(C)C)C3)c3c(-c4cccc(NC(=O)c5ccc(C(C)(C)C)cc5)c4)ccnc32)cc1. The van der Waals surface area contributed by atoms with Crippen molar-refractivity contribution in [3.8, 4) is 16.9 Å². The van der Waals surface area contributed by atoms with E-state index in [0.717, 1.165) is 39.9 Å². The van der Waals surface area contributed by atoms with Gasteiger partial charge in [-0.15, -0.1) is 0 Å². The Bertz CT molecular complexity index is 1990. The quantitative estimate of drug-likeness (QED) is 0.171. The van der Waals surface area contributed by atoms with Gasteiger partial charge in [0.25, 0.3) is 5.91 Å². The summed E-state index contributed by atoms with van der Waals surface area (Å²) in [5, 5.41) is 12.6. The maximum Gasteiger partial charge on any atom is 0.410 e. The summed E-state index contributed by atoms with van der Waals surface area (Å²) in [7, 11) is 1.65. The molecule has 0 aliphatic carbocycles. The molecular formula is C40H46N6O4. The van der Waals surface area contributed by atoms with Gasteiger partial charge in [0.05, 0.1) is 19.0 Å². The Kier molecular flexibility index (Phi) is 9.56. The molecule has 10 heteroatoms. The van der Waals surface area contributed by atoms with Crippen molar-refractivity contribution in [1.82, 2.24) is 19.7 Å². The van der Waals surface area contributed by atoms with Crippen molar-refractivity contribution in [2.24, 2.45) is 0 Å². The standard InChI is InChI=1S/C40H46N6O4/c1-39(2,3)29-15-13-27(14-16-29)37(47)43-30-10-8-9-28(23-30)33-19-21-41-36-34(33)35(44-46(36)24-26-11-17-32(49-7)18-12-26)42-31-20-22-45(25-31)38(48)50-40(4,5)6/h8-19,21,23,31H,20,22,24-25H2,1-7H3,(H,42,44)(H,43,47)/t31-/m1/s1. The minimum atomic E-state index is -0.565. The lowest BCUT2D eigenvalue weighted by Gasteiger charge is -2.24. The third-order valence-corrected chi connectivity index (χ3v) is 8.75. The van der Waals surface area contributed by atoms with Gasteiger partial charge in [0, 0.05) is 36.6 Å². The van der Waals surface area contributed by atoms with Gasteiger partial charge in [0.2, 0.25) is 0 Å². The molecule has 3 aromatic carbocycles. The zero-order chi connectivity index (χ0) is 35.6. The van der Waals surface area contributed by atoms with Crippen molar-refractivity contribution in [2.75, 3.05) is 30.8 Å². The number of pyridine rings is 1. The molecule has 1 aliphatic rings. The van der Waals surface area contributed by atoms with E-state index in [9.17, 15) is 9.59 Å². The first-order valence-electron chi connectivity index (χ1n) is 17.0. The van der Waals surface area contributed by atoms with Crippen LogP contribution in [0.5, 0.6) is 5.75 Å². The van der Waals surface area contributed by atoms with E-state index in [1.807, 2.05) is 104 Å². The highest BCUT2D eigenvalue weighted by Crippen LogP contribution is 2.35. The number of amides is 2. The number of ether oxygens (including phenoxy) is 2. The summed E-state index contributed by atoms with van der Waals surface area (Å²) in [5.41, 5.74) is 5.49. The second-order valence-electron chi connectivity index (χ2n) is 14.8. The van der Waals surface area contributed by atoms with Crippen molar-refractivity contribution in [2.45, 2.75) is 71.6 Å². The van der Waals surface area contributed by atoms with Gasteiger partial charge in [-0.25, -0.2) is 14.5 Å². The third kappa shape index (κ3) is 7.91. The fraction of sp³-hybridized carbons (Fsp3) is 0.350. The van der Waals surface area contributed by atoms with Crippen LogP contribution in [0.15, 0.2) is 85.1 Å². The van der Waals surface area contributed by atoms with Gasteiger partial charge in [0.1, 0.15) is 11.4 Å². The van der Waals surface area contributed by atoms with Crippen LogP contribution in [0.4, 0.5) is 16.3 Å². The Hall–Kier alpha value is -5.38. The molecule has 1 fully saturated rings. The fourth-order valence-electron chi connectivity index (χ4n) is 6.11. The Morgan fingerprint density at radius 3 is 2.36 bits per heavy atom. The highest BCUT2D eigenvalue weighted by atomic mass is 16.6. The monoisotopic (exact) mass is 674 g/mol. The number of aromatic nitrogens is 3. The number of benzene rings is 3. The highest BCUT2D eigenvalue weighted by molar-refractivity contribution is 6.05. The van der Waals surface area contributed by atoms with E-state index >= 15 is 0 Å². The van der Waals surface area contributed by atoms with E-state index in [-0.39, 0.29) is 23.5 Å². The molecule has 3 heterocycles. The average molecular weight is 675 g/mol. The summed E-state index contributed by atoms with van der Waals surface area (Å²) in [5.74, 6) is 1.29. The van der Waals surface area contributed by atoms with Crippen molar-refractivity contribution in [3.05, 3.63) is 102 Å². The van der Waals surface area contributed by atoms with E-state index in [0.29, 0.717) is 36.7 Å². The number of carbonyl (C=O) groups excluding carboxylic acids is 2. The van der Waals surface area contributed by atoms with Crippen molar-refractivity contribution in [3.63, 3.8) is 0 Å². The molecule has 2 amide bonds. The molecule has 50 heavy (non-hydrogen) atoms. The van der Waals surface area contributed by atoms with E-state index in [2.05, 4.69) is 31.4 Å². The first kappa shape index (κ1) is 34.5. The summed E-state index contributed by atoms with van der Waals surface area (Å²) in [6.07, 6.45) is 2.22. The molecule has 10 nitrogen and oxygen atoms in total. The van der Waals surface area contributed by atoms with Gasteiger partial charge in [-0.3, -0.25) is 4.79 Å². The summed E-state index contributed by atoms with van der Waals surface area (Å²) >= 11 is 0. The molecular weight excluding hydrogens is 628 g/mol. The third-order valence-electron chi connectivity index (χ3n) is 8.75.